The van der Waals surface area contributed by atoms with Gasteiger partial charge in [0, 0.05) is 17.1 Å². The van der Waals surface area contributed by atoms with Gasteiger partial charge in [-0.25, -0.2) is 5.01 Å². The third-order valence-electron chi connectivity index (χ3n) is 6.83. The first-order valence-electron chi connectivity index (χ1n) is 12.9. The summed E-state index contributed by atoms with van der Waals surface area (Å²) in [7, 11) is 0. The molecule has 5 aromatic rings. The Kier molecular flexibility index (Phi) is 6.50. The normalized spacial score (nSPS) is 12.4. The van der Waals surface area contributed by atoms with Gasteiger partial charge in [0.05, 0.1) is 17.6 Å². The van der Waals surface area contributed by atoms with E-state index in [0.717, 1.165) is 28.3 Å². The first kappa shape index (κ1) is 22.8. The van der Waals surface area contributed by atoms with Crippen LogP contribution in [0, 0.1) is 0 Å². The van der Waals surface area contributed by atoms with Gasteiger partial charge >= 0.3 is 0 Å². The van der Waals surface area contributed by atoms with Crippen LogP contribution in [0.15, 0.2) is 139 Å². The van der Waals surface area contributed by atoms with Crippen molar-refractivity contribution in [1.82, 2.24) is 0 Å². The van der Waals surface area contributed by atoms with Crippen LogP contribution in [0.5, 0.6) is 0 Å². The zero-order valence-corrected chi connectivity index (χ0v) is 20.7. The molecule has 0 unspecified atom stereocenters. The van der Waals surface area contributed by atoms with Crippen molar-refractivity contribution in [3.63, 3.8) is 0 Å². The number of anilines is 5. The van der Waals surface area contributed by atoms with E-state index < -0.39 is 0 Å². The molecular formula is C34H29N3. The number of aryl methyl sites for hydroxylation is 2. The molecule has 1 aliphatic carbocycles. The van der Waals surface area contributed by atoms with Crippen molar-refractivity contribution >= 4 is 34.7 Å². The Morgan fingerprint density at radius 1 is 0.486 bits per heavy atom. The average molecular weight is 480 g/mol. The summed E-state index contributed by atoms with van der Waals surface area (Å²) in [5.74, 6) is 0. The zero-order valence-electron chi connectivity index (χ0n) is 20.7. The van der Waals surface area contributed by atoms with Crippen LogP contribution in [0.3, 0.4) is 0 Å². The molecule has 6 rings (SSSR count). The molecule has 0 saturated heterocycles. The summed E-state index contributed by atoms with van der Waals surface area (Å²) >= 11 is 0. The summed E-state index contributed by atoms with van der Waals surface area (Å²) in [5.41, 5.74) is 9.54. The fraction of sp³-hybridized carbons (Fsp3) is 0.0882. The maximum absolute atomic E-state index is 4.86. The number of fused-ring (bicyclic) bond motifs is 1. The van der Waals surface area contributed by atoms with Gasteiger partial charge in [-0.3, -0.25) is 0 Å². The largest absolute Gasteiger partial charge is 0.310 e. The van der Waals surface area contributed by atoms with Gasteiger partial charge in [0.2, 0.25) is 0 Å². The molecular weight excluding hydrogens is 450 g/mol. The van der Waals surface area contributed by atoms with Crippen molar-refractivity contribution in [2.45, 2.75) is 19.3 Å². The second-order valence-electron chi connectivity index (χ2n) is 9.30. The zero-order chi connectivity index (χ0) is 24.9. The second kappa shape index (κ2) is 10.5. The van der Waals surface area contributed by atoms with Crippen molar-refractivity contribution < 1.29 is 0 Å². The van der Waals surface area contributed by atoms with Crippen molar-refractivity contribution in [2.24, 2.45) is 5.10 Å². The van der Waals surface area contributed by atoms with Gasteiger partial charge in [-0.2, -0.15) is 5.10 Å². The maximum Gasteiger partial charge on any atom is 0.0652 e. The Bertz CT molecular complexity index is 1440. The number of nitrogens with zero attached hydrogens (tertiary/aromatic N) is 3. The van der Waals surface area contributed by atoms with E-state index in [2.05, 4.69) is 102 Å². The van der Waals surface area contributed by atoms with Crippen molar-refractivity contribution in [3.8, 4) is 0 Å². The lowest BCUT2D eigenvalue weighted by Crippen LogP contribution is -2.11. The minimum Gasteiger partial charge on any atom is -0.310 e. The molecule has 0 bridgehead atoms. The molecule has 0 amide bonds. The van der Waals surface area contributed by atoms with Gasteiger partial charge in [-0.15, -0.1) is 0 Å². The molecule has 0 atom stereocenters. The SMILES string of the molecule is C(=NN(c1ccccc1)c1ccccc1)c1ccc(N(c2ccccc2)c2ccc3c(c2)CCC3)cc1. The predicted molar refractivity (Wildman–Crippen MR) is 156 cm³/mol. The summed E-state index contributed by atoms with van der Waals surface area (Å²) < 4.78 is 0. The molecule has 0 heterocycles. The van der Waals surface area contributed by atoms with E-state index in [1.54, 1.807) is 0 Å². The molecule has 0 fully saturated rings. The first-order valence-corrected chi connectivity index (χ1v) is 12.9. The highest BCUT2D eigenvalue weighted by atomic mass is 15.5. The number of rotatable bonds is 7. The van der Waals surface area contributed by atoms with E-state index in [9.17, 15) is 0 Å². The Labute approximate surface area is 218 Å². The highest BCUT2D eigenvalue weighted by molar-refractivity contribution is 5.84. The Balaban J connectivity index is 1.31. The van der Waals surface area contributed by atoms with Crippen molar-refractivity contribution in [2.75, 3.05) is 9.91 Å². The predicted octanol–water partition coefficient (Wildman–Crippen LogP) is 8.82. The van der Waals surface area contributed by atoms with Gasteiger partial charge in [0.15, 0.2) is 0 Å². The lowest BCUT2D eigenvalue weighted by Gasteiger charge is -2.26. The fourth-order valence-corrected chi connectivity index (χ4v) is 4.98. The third kappa shape index (κ3) is 5.03. The molecule has 5 aromatic carbocycles. The Morgan fingerprint density at radius 2 is 1.00 bits per heavy atom. The minimum absolute atomic E-state index is 1.02. The molecule has 0 N–H and O–H groups in total. The van der Waals surface area contributed by atoms with Crippen LogP contribution in [0.2, 0.25) is 0 Å². The van der Waals surface area contributed by atoms with Crippen LogP contribution >= 0.6 is 0 Å². The molecule has 0 spiro atoms. The molecule has 180 valence electrons. The number of benzene rings is 5. The summed E-state index contributed by atoms with van der Waals surface area (Å²) in [6.45, 7) is 0. The molecule has 0 aliphatic heterocycles. The second-order valence-corrected chi connectivity index (χ2v) is 9.30. The topological polar surface area (TPSA) is 18.8 Å². The van der Waals surface area contributed by atoms with Crippen LogP contribution in [0.4, 0.5) is 28.4 Å². The van der Waals surface area contributed by atoms with Crippen molar-refractivity contribution in [3.05, 3.63) is 150 Å². The van der Waals surface area contributed by atoms with Crippen LogP contribution in [-0.2, 0) is 12.8 Å². The number of hydrazone groups is 1. The number of hydrogen-bond donors (Lipinski definition) is 0. The molecule has 0 saturated carbocycles. The van der Waals surface area contributed by atoms with Crippen LogP contribution in [-0.4, -0.2) is 6.21 Å². The number of hydrogen-bond acceptors (Lipinski definition) is 3. The third-order valence-corrected chi connectivity index (χ3v) is 6.83. The van der Waals surface area contributed by atoms with Gasteiger partial charge < -0.3 is 4.90 Å². The van der Waals surface area contributed by atoms with E-state index >= 15 is 0 Å². The van der Waals surface area contributed by atoms with E-state index in [4.69, 9.17) is 5.10 Å². The smallest absolute Gasteiger partial charge is 0.0652 e. The highest BCUT2D eigenvalue weighted by Crippen LogP contribution is 2.37. The Morgan fingerprint density at radius 3 is 1.62 bits per heavy atom. The highest BCUT2D eigenvalue weighted by Gasteiger charge is 2.16. The molecule has 1 aliphatic rings. The molecule has 0 radical (unpaired) electrons. The summed E-state index contributed by atoms with van der Waals surface area (Å²) in [4.78, 5) is 2.33. The maximum atomic E-state index is 4.86. The molecule has 3 nitrogen and oxygen atoms in total. The number of para-hydroxylation sites is 3. The lowest BCUT2D eigenvalue weighted by atomic mass is 10.1. The van der Waals surface area contributed by atoms with Crippen LogP contribution in [0.25, 0.3) is 0 Å². The minimum atomic E-state index is 1.02. The van der Waals surface area contributed by atoms with Crippen LogP contribution in [0.1, 0.15) is 23.1 Å². The summed E-state index contributed by atoms with van der Waals surface area (Å²) in [6, 6.07) is 46.6. The Hall–Kier alpha value is -4.63. The standard InChI is InChI=1S/C34H29N3/c1-4-13-30(14-5-1)36(34-24-21-28-11-10-12-29(28)25-34)31-22-19-27(20-23-31)26-35-37(32-15-6-2-7-16-32)33-17-8-3-9-18-33/h1-9,13-26H,10-12H2. The van der Waals surface area contributed by atoms with Gasteiger partial charge in [0.1, 0.15) is 0 Å². The van der Waals surface area contributed by atoms with Gasteiger partial charge in [-0.05, 0) is 96.6 Å². The monoisotopic (exact) mass is 479 g/mol. The van der Waals surface area contributed by atoms with E-state index in [1.165, 1.54) is 36.1 Å². The van der Waals surface area contributed by atoms with Crippen molar-refractivity contribution in [1.29, 1.82) is 0 Å². The summed E-state index contributed by atoms with van der Waals surface area (Å²) in [5, 5.41) is 6.83. The average Bonchev–Trinajstić information content (AvgIpc) is 3.44. The quantitative estimate of drug-likeness (QED) is 0.171. The fourth-order valence-electron chi connectivity index (χ4n) is 4.98. The first-order chi connectivity index (χ1) is 18.3. The van der Waals surface area contributed by atoms with E-state index in [1.807, 2.05) is 47.6 Å². The van der Waals surface area contributed by atoms with Crippen LogP contribution < -0.4 is 9.91 Å². The molecule has 3 heteroatoms. The lowest BCUT2D eigenvalue weighted by molar-refractivity contribution is 0.912. The summed E-state index contributed by atoms with van der Waals surface area (Å²) in [6.07, 6.45) is 5.53. The van der Waals surface area contributed by atoms with Gasteiger partial charge in [0.25, 0.3) is 0 Å². The van der Waals surface area contributed by atoms with Gasteiger partial charge in [-0.1, -0.05) is 72.8 Å². The van der Waals surface area contributed by atoms with E-state index in [0.29, 0.717) is 0 Å². The molecule has 37 heavy (non-hydrogen) atoms. The van der Waals surface area contributed by atoms with E-state index in [-0.39, 0.29) is 0 Å². The molecule has 0 aromatic heterocycles.